The summed E-state index contributed by atoms with van der Waals surface area (Å²) in [5.41, 5.74) is 0.876. The molecule has 0 aromatic heterocycles. The van der Waals surface area contributed by atoms with Crippen LogP contribution in [-0.4, -0.2) is 30.1 Å². The third-order valence-corrected chi connectivity index (χ3v) is 2.90. The predicted molar refractivity (Wildman–Crippen MR) is 68.1 cm³/mol. The van der Waals surface area contributed by atoms with E-state index in [1.807, 2.05) is 0 Å². The molecule has 6 heteroatoms. The molecule has 19 heavy (non-hydrogen) atoms. The molecule has 0 unspecified atom stereocenters. The molecule has 0 heterocycles. The van der Waals surface area contributed by atoms with E-state index < -0.39 is 18.6 Å². The Kier molecular flexibility index (Phi) is 5.66. The van der Waals surface area contributed by atoms with Crippen LogP contribution in [0.15, 0.2) is 24.3 Å². The molecule has 0 aliphatic heterocycles. The molecule has 0 radical (unpaired) electrons. The average molecular weight is 294 g/mol. The number of benzene rings is 1. The molecule has 0 saturated carbocycles. The highest BCUT2D eigenvalue weighted by atomic mass is 35.5. The Morgan fingerprint density at radius 2 is 1.84 bits per heavy atom. The van der Waals surface area contributed by atoms with E-state index in [1.165, 1.54) is 6.92 Å². The molecule has 0 aliphatic rings. The summed E-state index contributed by atoms with van der Waals surface area (Å²) in [6, 6.07) is 6.90. The second kappa shape index (κ2) is 6.80. The normalized spacial score (nSPS) is 11.4. The van der Waals surface area contributed by atoms with Crippen molar-refractivity contribution in [1.29, 1.82) is 0 Å². The van der Waals surface area contributed by atoms with Crippen molar-refractivity contribution in [3.63, 3.8) is 0 Å². The second-order valence-corrected chi connectivity index (χ2v) is 4.59. The highest BCUT2D eigenvalue weighted by Crippen LogP contribution is 2.17. The summed E-state index contributed by atoms with van der Waals surface area (Å²) in [7, 11) is 0. The van der Waals surface area contributed by atoms with Gasteiger partial charge >= 0.3 is 6.18 Å². The molecule has 0 saturated heterocycles. The predicted octanol–water partition coefficient (Wildman–Crippen LogP) is 3.68. The zero-order valence-corrected chi connectivity index (χ0v) is 11.3. The number of carbonyl (C=O) groups is 1. The number of aryl methyl sites for hydroxylation is 1. The van der Waals surface area contributed by atoms with Gasteiger partial charge in [0.05, 0.1) is 0 Å². The van der Waals surface area contributed by atoms with Gasteiger partial charge in [-0.1, -0.05) is 23.7 Å². The van der Waals surface area contributed by atoms with Gasteiger partial charge in [0.2, 0.25) is 5.91 Å². The lowest BCUT2D eigenvalue weighted by Gasteiger charge is -2.22. The number of hydrogen-bond acceptors (Lipinski definition) is 1. The first-order valence-electron chi connectivity index (χ1n) is 5.91. The van der Waals surface area contributed by atoms with Crippen molar-refractivity contribution < 1.29 is 18.0 Å². The molecule has 0 aliphatic carbocycles. The van der Waals surface area contributed by atoms with Gasteiger partial charge in [0.1, 0.15) is 6.54 Å². The van der Waals surface area contributed by atoms with E-state index in [1.54, 1.807) is 24.3 Å². The maximum Gasteiger partial charge on any atom is 0.406 e. The first kappa shape index (κ1) is 15.8. The number of amides is 1. The van der Waals surface area contributed by atoms with Gasteiger partial charge < -0.3 is 4.90 Å². The van der Waals surface area contributed by atoms with Gasteiger partial charge in [0, 0.05) is 18.0 Å². The van der Waals surface area contributed by atoms with Gasteiger partial charge in [-0.15, -0.1) is 0 Å². The number of nitrogens with zero attached hydrogens (tertiary/aromatic N) is 1. The molecule has 0 N–H and O–H groups in total. The molecular formula is C13H15ClF3NO. The van der Waals surface area contributed by atoms with E-state index in [0.29, 0.717) is 11.4 Å². The summed E-state index contributed by atoms with van der Waals surface area (Å²) in [4.78, 5) is 12.5. The topological polar surface area (TPSA) is 20.3 Å². The molecule has 0 spiro atoms. The Bertz CT molecular complexity index is 417. The average Bonchev–Trinajstić information content (AvgIpc) is 2.34. The van der Waals surface area contributed by atoms with Crippen molar-refractivity contribution in [2.24, 2.45) is 0 Å². The van der Waals surface area contributed by atoms with Gasteiger partial charge in [0.15, 0.2) is 0 Å². The van der Waals surface area contributed by atoms with Crippen molar-refractivity contribution in [1.82, 2.24) is 4.90 Å². The minimum atomic E-state index is -4.36. The van der Waals surface area contributed by atoms with Crippen molar-refractivity contribution in [3.8, 4) is 0 Å². The van der Waals surface area contributed by atoms with E-state index in [2.05, 4.69) is 0 Å². The van der Waals surface area contributed by atoms with Gasteiger partial charge in [-0.25, -0.2) is 0 Å². The monoisotopic (exact) mass is 293 g/mol. The van der Waals surface area contributed by atoms with E-state index in [0.717, 1.165) is 10.5 Å². The molecule has 0 fully saturated rings. The molecule has 0 atom stereocenters. The van der Waals surface area contributed by atoms with Crippen LogP contribution in [0.2, 0.25) is 5.02 Å². The number of halogens is 4. The molecule has 0 bridgehead atoms. The fourth-order valence-electron chi connectivity index (χ4n) is 1.65. The van der Waals surface area contributed by atoms with Crippen molar-refractivity contribution in [3.05, 3.63) is 34.9 Å². The summed E-state index contributed by atoms with van der Waals surface area (Å²) in [5, 5.41) is 0.585. The number of hydrogen-bond donors (Lipinski definition) is 0. The molecule has 1 rings (SSSR count). The summed E-state index contributed by atoms with van der Waals surface area (Å²) >= 11 is 5.72. The van der Waals surface area contributed by atoms with Crippen LogP contribution in [0.5, 0.6) is 0 Å². The Morgan fingerprint density at radius 1 is 1.26 bits per heavy atom. The number of carbonyl (C=O) groups excluding carboxylic acids is 1. The lowest BCUT2D eigenvalue weighted by atomic mass is 10.1. The second-order valence-electron chi connectivity index (χ2n) is 4.15. The lowest BCUT2D eigenvalue weighted by molar-refractivity contribution is -0.160. The van der Waals surface area contributed by atoms with Gasteiger partial charge in [-0.05, 0) is 31.0 Å². The van der Waals surface area contributed by atoms with Crippen LogP contribution < -0.4 is 0 Å². The quantitative estimate of drug-likeness (QED) is 0.811. The SMILES string of the molecule is CCN(CC(F)(F)F)C(=O)CCc1ccc(Cl)cc1. The fraction of sp³-hybridized carbons (Fsp3) is 0.462. The minimum absolute atomic E-state index is 0.0545. The molecule has 2 nitrogen and oxygen atoms in total. The zero-order valence-electron chi connectivity index (χ0n) is 10.5. The molecule has 106 valence electrons. The summed E-state index contributed by atoms with van der Waals surface area (Å²) in [5.74, 6) is -0.491. The zero-order chi connectivity index (χ0) is 14.5. The standard InChI is InChI=1S/C13H15ClF3NO/c1-2-18(9-13(15,16)17)12(19)8-5-10-3-6-11(14)7-4-10/h3-4,6-7H,2,5,8-9H2,1H3. The van der Waals surface area contributed by atoms with Crippen LogP contribution in [0.25, 0.3) is 0 Å². The summed E-state index contributed by atoms with van der Waals surface area (Å²) in [6.45, 7) is 0.397. The van der Waals surface area contributed by atoms with Crippen LogP contribution >= 0.6 is 11.6 Å². The summed E-state index contributed by atoms with van der Waals surface area (Å²) < 4.78 is 36.8. The third kappa shape index (κ3) is 5.96. The lowest BCUT2D eigenvalue weighted by Crippen LogP contribution is -2.38. The number of alkyl halides is 3. The highest BCUT2D eigenvalue weighted by Gasteiger charge is 2.31. The van der Waals surface area contributed by atoms with E-state index in [4.69, 9.17) is 11.6 Å². The van der Waals surface area contributed by atoms with Crippen LogP contribution in [0.3, 0.4) is 0 Å². The molecule has 1 amide bonds. The minimum Gasteiger partial charge on any atom is -0.334 e. The molecule has 1 aromatic rings. The first-order valence-corrected chi connectivity index (χ1v) is 6.28. The Hall–Kier alpha value is -1.23. The van der Waals surface area contributed by atoms with Crippen molar-refractivity contribution in [2.75, 3.05) is 13.1 Å². The van der Waals surface area contributed by atoms with Crippen LogP contribution in [-0.2, 0) is 11.2 Å². The van der Waals surface area contributed by atoms with Gasteiger partial charge in [-0.3, -0.25) is 4.79 Å². The van der Waals surface area contributed by atoms with E-state index in [9.17, 15) is 18.0 Å². The van der Waals surface area contributed by atoms with E-state index >= 15 is 0 Å². The summed E-state index contributed by atoms with van der Waals surface area (Å²) in [6.07, 6.45) is -3.89. The molecular weight excluding hydrogens is 279 g/mol. The Labute approximate surface area is 115 Å². The van der Waals surface area contributed by atoms with E-state index in [-0.39, 0.29) is 13.0 Å². The largest absolute Gasteiger partial charge is 0.406 e. The maximum atomic E-state index is 12.3. The van der Waals surface area contributed by atoms with Gasteiger partial charge in [0.25, 0.3) is 0 Å². The highest BCUT2D eigenvalue weighted by molar-refractivity contribution is 6.30. The van der Waals surface area contributed by atoms with Crippen LogP contribution in [0, 0.1) is 0 Å². The van der Waals surface area contributed by atoms with Crippen molar-refractivity contribution >= 4 is 17.5 Å². The van der Waals surface area contributed by atoms with Gasteiger partial charge in [-0.2, -0.15) is 13.2 Å². The Balaban J connectivity index is 2.51. The van der Waals surface area contributed by atoms with Crippen LogP contribution in [0.1, 0.15) is 18.9 Å². The third-order valence-electron chi connectivity index (χ3n) is 2.65. The van der Waals surface area contributed by atoms with Crippen molar-refractivity contribution in [2.45, 2.75) is 25.9 Å². The smallest absolute Gasteiger partial charge is 0.334 e. The number of rotatable bonds is 5. The molecule has 1 aromatic carbocycles. The fourth-order valence-corrected chi connectivity index (χ4v) is 1.78. The van der Waals surface area contributed by atoms with Crippen LogP contribution in [0.4, 0.5) is 13.2 Å². The Morgan fingerprint density at radius 3 is 2.32 bits per heavy atom. The first-order chi connectivity index (χ1) is 8.81. The maximum absolute atomic E-state index is 12.3.